The van der Waals surface area contributed by atoms with E-state index >= 15 is 0 Å². The summed E-state index contributed by atoms with van der Waals surface area (Å²) in [5, 5.41) is 9.92. The lowest BCUT2D eigenvalue weighted by Gasteiger charge is -2.46. The van der Waals surface area contributed by atoms with Crippen molar-refractivity contribution in [2.45, 2.75) is 90.4 Å². The zero-order valence-corrected chi connectivity index (χ0v) is 18.0. The third kappa shape index (κ3) is 3.99. The van der Waals surface area contributed by atoms with Gasteiger partial charge in [-0.15, -0.1) is 0 Å². The Morgan fingerprint density at radius 3 is 2.90 bits per heavy atom. The third-order valence-corrected chi connectivity index (χ3v) is 8.21. The summed E-state index contributed by atoms with van der Waals surface area (Å²) in [6.45, 7) is 6.24. The lowest BCUT2D eigenvalue weighted by atomic mass is 9.61. The Morgan fingerprint density at radius 1 is 1.38 bits per heavy atom. The Balaban J connectivity index is 1.48. The summed E-state index contributed by atoms with van der Waals surface area (Å²) in [6, 6.07) is 0. The number of cyclic esters (lactones) is 1. The minimum absolute atomic E-state index is 0.00727. The fraction of sp³-hybridized carbons (Fsp3) is 0.833. The Hall–Kier alpha value is -1.36. The largest absolute Gasteiger partial charge is 0.462 e. The van der Waals surface area contributed by atoms with Gasteiger partial charge in [0.15, 0.2) is 0 Å². The topological polar surface area (TPSA) is 72.8 Å². The summed E-state index contributed by atoms with van der Waals surface area (Å²) in [4.78, 5) is 24.3. The molecule has 29 heavy (non-hydrogen) atoms. The predicted molar refractivity (Wildman–Crippen MR) is 109 cm³/mol. The second-order valence-corrected chi connectivity index (χ2v) is 10.1. The van der Waals surface area contributed by atoms with Crippen molar-refractivity contribution in [3.63, 3.8) is 0 Å². The van der Waals surface area contributed by atoms with E-state index in [1.54, 1.807) is 0 Å². The van der Waals surface area contributed by atoms with Crippen LogP contribution in [0.1, 0.15) is 72.1 Å². The predicted octanol–water partition coefficient (Wildman–Crippen LogP) is 4.03. The number of aliphatic hydroxyl groups excluding tert-OH is 1. The van der Waals surface area contributed by atoms with Crippen molar-refractivity contribution < 1.29 is 24.2 Å². The average Bonchev–Trinajstić information content (AvgIpc) is 3.40. The molecule has 0 aromatic rings. The van der Waals surface area contributed by atoms with Crippen LogP contribution in [0.3, 0.4) is 0 Å². The lowest BCUT2D eigenvalue weighted by Crippen LogP contribution is -2.46. The maximum atomic E-state index is 12.6. The van der Waals surface area contributed by atoms with E-state index in [2.05, 4.69) is 19.1 Å². The van der Waals surface area contributed by atoms with E-state index in [1.807, 2.05) is 13.8 Å². The number of ether oxygens (including phenoxy) is 2. The number of rotatable bonds is 6. The van der Waals surface area contributed by atoms with E-state index in [9.17, 15) is 14.7 Å². The fourth-order valence-electron chi connectivity index (χ4n) is 6.25. The molecule has 9 atom stereocenters. The molecule has 5 heteroatoms. The van der Waals surface area contributed by atoms with E-state index in [0.717, 1.165) is 38.0 Å². The summed E-state index contributed by atoms with van der Waals surface area (Å²) in [5.74, 6) is 1.52. The van der Waals surface area contributed by atoms with Crippen LogP contribution in [0.25, 0.3) is 0 Å². The molecule has 5 nitrogen and oxygen atoms in total. The van der Waals surface area contributed by atoms with Crippen LogP contribution in [-0.2, 0) is 19.1 Å². The van der Waals surface area contributed by atoms with Crippen molar-refractivity contribution in [1.29, 1.82) is 0 Å². The SMILES string of the molecule is CC[C@H](C)C(=O)O[C@H]1CC[C@@H]2C[C@@]23C=C[C@H](C)[C@H](CC[C@@H]2C[C@@H](O)CC(=O)O2)[C@@H]13. The molecule has 4 aliphatic rings. The molecular formula is C24H36O5. The Bertz CT molecular complexity index is 672. The molecule has 2 saturated carbocycles. The van der Waals surface area contributed by atoms with Crippen LogP contribution in [0.4, 0.5) is 0 Å². The molecule has 1 heterocycles. The molecule has 0 unspecified atom stereocenters. The molecule has 0 bridgehead atoms. The highest BCUT2D eigenvalue weighted by molar-refractivity contribution is 5.72. The summed E-state index contributed by atoms with van der Waals surface area (Å²) in [6.07, 6.45) is 10.5. The van der Waals surface area contributed by atoms with Gasteiger partial charge in [-0.25, -0.2) is 0 Å². The second kappa shape index (κ2) is 8.05. The molecule has 1 aliphatic heterocycles. The molecule has 0 radical (unpaired) electrons. The Kier molecular flexibility index (Phi) is 5.80. The number of carbonyl (C=O) groups excluding carboxylic acids is 2. The third-order valence-electron chi connectivity index (χ3n) is 8.21. The van der Waals surface area contributed by atoms with Crippen LogP contribution in [0.5, 0.6) is 0 Å². The van der Waals surface area contributed by atoms with Gasteiger partial charge in [0, 0.05) is 12.3 Å². The average molecular weight is 405 g/mol. The van der Waals surface area contributed by atoms with Crippen molar-refractivity contribution in [1.82, 2.24) is 0 Å². The van der Waals surface area contributed by atoms with Crippen LogP contribution >= 0.6 is 0 Å². The van der Waals surface area contributed by atoms with Crippen LogP contribution < -0.4 is 0 Å². The van der Waals surface area contributed by atoms with Crippen LogP contribution in [0, 0.1) is 35.0 Å². The fourth-order valence-corrected chi connectivity index (χ4v) is 6.25. The molecule has 162 valence electrons. The smallest absolute Gasteiger partial charge is 0.308 e. The van der Waals surface area contributed by atoms with Gasteiger partial charge in [0.1, 0.15) is 12.2 Å². The van der Waals surface area contributed by atoms with Gasteiger partial charge in [-0.05, 0) is 61.7 Å². The van der Waals surface area contributed by atoms with Crippen LogP contribution in [0.2, 0.25) is 0 Å². The van der Waals surface area contributed by atoms with Crippen LogP contribution in [-0.4, -0.2) is 35.4 Å². The maximum Gasteiger partial charge on any atom is 0.308 e. The molecule has 0 aromatic carbocycles. The summed E-state index contributed by atoms with van der Waals surface area (Å²) >= 11 is 0. The monoisotopic (exact) mass is 404 g/mol. The van der Waals surface area contributed by atoms with E-state index in [0.29, 0.717) is 24.2 Å². The maximum absolute atomic E-state index is 12.6. The first-order valence-electron chi connectivity index (χ1n) is 11.6. The molecule has 3 fully saturated rings. The van der Waals surface area contributed by atoms with Gasteiger partial charge in [0.25, 0.3) is 0 Å². The molecular weight excluding hydrogens is 368 g/mol. The highest BCUT2D eigenvalue weighted by atomic mass is 16.5. The Morgan fingerprint density at radius 2 is 2.17 bits per heavy atom. The van der Waals surface area contributed by atoms with Gasteiger partial charge in [0.2, 0.25) is 0 Å². The molecule has 1 saturated heterocycles. The van der Waals surface area contributed by atoms with Crippen molar-refractivity contribution in [2.24, 2.45) is 35.0 Å². The van der Waals surface area contributed by atoms with Gasteiger partial charge in [-0.3, -0.25) is 9.59 Å². The summed E-state index contributed by atoms with van der Waals surface area (Å²) in [7, 11) is 0. The summed E-state index contributed by atoms with van der Waals surface area (Å²) < 4.78 is 11.6. The lowest BCUT2D eigenvalue weighted by molar-refractivity contribution is -0.165. The number of hydrogen-bond donors (Lipinski definition) is 1. The van der Waals surface area contributed by atoms with Crippen molar-refractivity contribution in [3.8, 4) is 0 Å². The van der Waals surface area contributed by atoms with Crippen LogP contribution in [0.15, 0.2) is 12.2 Å². The number of allylic oxidation sites excluding steroid dienone is 2. The molecule has 0 amide bonds. The molecule has 0 aromatic heterocycles. The highest BCUT2D eigenvalue weighted by Crippen LogP contribution is 2.69. The molecule has 3 aliphatic carbocycles. The zero-order chi connectivity index (χ0) is 20.8. The molecule has 4 rings (SSSR count). The van der Waals surface area contributed by atoms with E-state index in [1.165, 1.54) is 6.42 Å². The van der Waals surface area contributed by atoms with Crippen molar-refractivity contribution in [3.05, 3.63) is 12.2 Å². The number of aliphatic hydroxyl groups is 1. The summed E-state index contributed by atoms with van der Waals surface area (Å²) in [5.41, 5.74) is 0.207. The molecule has 1 N–H and O–H groups in total. The minimum atomic E-state index is -0.581. The van der Waals surface area contributed by atoms with Crippen molar-refractivity contribution >= 4 is 11.9 Å². The normalized spacial score (nSPS) is 44.3. The molecule has 1 spiro atoms. The van der Waals surface area contributed by atoms with Gasteiger partial charge in [-0.2, -0.15) is 0 Å². The first-order chi connectivity index (χ1) is 13.8. The highest BCUT2D eigenvalue weighted by Gasteiger charge is 2.65. The quantitative estimate of drug-likeness (QED) is 0.534. The van der Waals surface area contributed by atoms with E-state index < -0.39 is 6.10 Å². The number of hydrogen-bond acceptors (Lipinski definition) is 5. The Labute approximate surface area is 174 Å². The second-order valence-electron chi connectivity index (χ2n) is 10.1. The number of esters is 2. The standard InChI is InChI=1S/C24H36O5/c1-4-14(2)23(27)29-20-8-5-16-13-24(16)10-9-15(3)19(22(20)24)7-6-18-11-17(25)12-21(26)28-18/h9-10,14-20,22,25H,4-8,11-13H2,1-3H3/t14-,15-,16+,17+,18+,19-,20-,22-,24-/m0/s1. The van der Waals surface area contributed by atoms with Gasteiger partial charge in [-0.1, -0.05) is 32.9 Å². The first kappa shape index (κ1) is 20.9. The van der Waals surface area contributed by atoms with Crippen molar-refractivity contribution in [2.75, 3.05) is 0 Å². The zero-order valence-electron chi connectivity index (χ0n) is 18.0. The number of carbonyl (C=O) groups is 2. The minimum Gasteiger partial charge on any atom is -0.462 e. The van der Waals surface area contributed by atoms with Gasteiger partial charge in [0.05, 0.1) is 18.4 Å². The van der Waals surface area contributed by atoms with E-state index in [-0.39, 0.29) is 41.9 Å². The van der Waals surface area contributed by atoms with Gasteiger partial charge >= 0.3 is 11.9 Å². The van der Waals surface area contributed by atoms with E-state index in [4.69, 9.17) is 9.47 Å². The first-order valence-corrected chi connectivity index (χ1v) is 11.6. The van der Waals surface area contributed by atoms with Gasteiger partial charge < -0.3 is 14.6 Å².